The zero-order valence-corrected chi connectivity index (χ0v) is 24.1. The second kappa shape index (κ2) is 10.7. The van der Waals surface area contributed by atoms with Crippen LogP contribution in [0.3, 0.4) is 0 Å². The van der Waals surface area contributed by atoms with Crippen molar-refractivity contribution in [2.75, 3.05) is 11.4 Å². The number of carboxylic acids is 1. The van der Waals surface area contributed by atoms with E-state index in [1.54, 1.807) is 41.4 Å². The number of carbonyl (C=O) groups is 2. The van der Waals surface area contributed by atoms with Gasteiger partial charge in [0.15, 0.2) is 0 Å². The predicted octanol–water partition coefficient (Wildman–Crippen LogP) is 6.86. The number of nitrogens with zero attached hydrogens (tertiary/aromatic N) is 3. The molecule has 1 saturated carbocycles. The summed E-state index contributed by atoms with van der Waals surface area (Å²) in [4.78, 5) is 37.6. The van der Waals surface area contributed by atoms with Crippen LogP contribution >= 0.6 is 22.6 Å². The Morgan fingerprint density at radius 3 is 2.56 bits per heavy atom. The van der Waals surface area contributed by atoms with Gasteiger partial charge < -0.3 is 14.8 Å². The lowest BCUT2D eigenvalue weighted by Gasteiger charge is -2.35. The van der Waals surface area contributed by atoms with E-state index >= 15 is 0 Å². The van der Waals surface area contributed by atoms with Gasteiger partial charge in [0.25, 0.3) is 0 Å². The van der Waals surface area contributed by atoms with Crippen LogP contribution in [0.15, 0.2) is 60.8 Å². The van der Waals surface area contributed by atoms with Crippen LogP contribution < -0.4 is 4.90 Å². The van der Waals surface area contributed by atoms with Gasteiger partial charge in [-0.1, -0.05) is 12.1 Å². The fourth-order valence-corrected chi connectivity index (χ4v) is 6.10. The molecule has 0 bridgehead atoms. The highest BCUT2D eigenvalue weighted by Crippen LogP contribution is 2.42. The van der Waals surface area contributed by atoms with Crippen molar-refractivity contribution >= 4 is 51.4 Å². The average Bonchev–Trinajstić information content (AvgIpc) is 3.51. The number of hydrogen-bond acceptors (Lipinski definition) is 5. The normalized spacial score (nSPS) is 21.0. The van der Waals surface area contributed by atoms with E-state index in [9.17, 15) is 18.4 Å². The maximum atomic E-state index is 13.7. The predicted molar refractivity (Wildman–Crippen MR) is 157 cm³/mol. The standard InChI is InChI=1S/C30H27F2IN4O4/c31-30(32,33)21-4-8-24-25(15-21)36-27(35-24)20-3-5-22(34-16-20)13-19-9-11-29(12-10-19)17-37(28(40)41-29)23-6-1-18(2-7-23)14-26(38)39/h1-8,15-16,19H,9-14,17H2,(H,35,36)(H,38,39). The molecule has 2 aromatic heterocycles. The second-order valence-corrected chi connectivity index (χ2v) is 12.2. The highest BCUT2D eigenvalue weighted by Gasteiger charge is 2.47. The number of hydrogen-bond donors (Lipinski definition) is 2. The van der Waals surface area contributed by atoms with E-state index in [1.165, 1.54) is 12.1 Å². The minimum Gasteiger partial charge on any atom is -0.481 e. The molecule has 2 aliphatic rings. The number of ether oxygens (including phenoxy) is 1. The Hall–Kier alpha value is -3.61. The Labute approximate surface area is 248 Å². The largest absolute Gasteiger partial charge is 0.481 e. The first-order valence-corrected chi connectivity index (χ1v) is 14.5. The number of fused-ring (bicyclic) bond motifs is 1. The first-order valence-electron chi connectivity index (χ1n) is 13.4. The Morgan fingerprint density at radius 1 is 1.15 bits per heavy atom. The number of H-pyrrole nitrogens is 1. The molecule has 0 radical (unpaired) electrons. The number of nitrogens with one attached hydrogen (secondary N) is 1. The fourth-order valence-electron chi connectivity index (χ4n) is 5.76. The number of halogens is 3. The third-order valence-corrected chi connectivity index (χ3v) is 8.62. The Balaban J connectivity index is 1.06. The minimum absolute atomic E-state index is 0.0587. The summed E-state index contributed by atoms with van der Waals surface area (Å²) in [6.07, 6.45) is 5.51. The molecular formula is C30H27F2IN4O4. The van der Waals surface area contributed by atoms with Crippen molar-refractivity contribution in [3.8, 4) is 11.4 Å². The van der Waals surface area contributed by atoms with Crippen LogP contribution in [0.5, 0.6) is 0 Å². The third kappa shape index (κ3) is 5.90. The van der Waals surface area contributed by atoms with Crippen molar-refractivity contribution in [2.24, 2.45) is 5.92 Å². The number of carboxylic acid groups (broad SMARTS) is 1. The molecule has 2 aromatic carbocycles. The summed E-state index contributed by atoms with van der Waals surface area (Å²) in [6.45, 7) is 0.484. The van der Waals surface area contributed by atoms with E-state index in [-0.39, 0.29) is 18.1 Å². The Bertz CT molecular complexity index is 1590. The first kappa shape index (κ1) is 27.6. The van der Waals surface area contributed by atoms with Crippen LogP contribution in [0.1, 0.15) is 42.5 Å². The lowest BCUT2D eigenvalue weighted by Crippen LogP contribution is -2.39. The lowest BCUT2D eigenvalue weighted by atomic mass is 9.77. The number of aromatic nitrogens is 3. The summed E-state index contributed by atoms with van der Waals surface area (Å²) < 4.78 is 30.3. The minimum atomic E-state index is -2.95. The molecule has 11 heteroatoms. The van der Waals surface area contributed by atoms with Crippen molar-refractivity contribution in [2.45, 2.75) is 48.1 Å². The molecule has 1 aliphatic carbocycles. The number of rotatable bonds is 7. The molecular weight excluding hydrogens is 645 g/mol. The van der Waals surface area contributed by atoms with Gasteiger partial charge in [0.2, 0.25) is 0 Å². The molecule has 6 rings (SSSR count). The van der Waals surface area contributed by atoms with E-state index < -0.39 is 15.5 Å². The van der Waals surface area contributed by atoms with Crippen molar-refractivity contribution < 1.29 is 28.2 Å². The number of benzene rings is 2. The van der Waals surface area contributed by atoms with Crippen molar-refractivity contribution in [1.82, 2.24) is 15.0 Å². The highest BCUT2D eigenvalue weighted by atomic mass is 127. The number of amides is 1. The fraction of sp³-hybridized carbons (Fsp3) is 0.333. The van der Waals surface area contributed by atoms with Crippen LogP contribution in [-0.4, -0.2) is 44.3 Å². The van der Waals surface area contributed by atoms with Crippen LogP contribution in [0.2, 0.25) is 0 Å². The second-order valence-electron chi connectivity index (χ2n) is 10.9. The van der Waals surface area contributed by atoms with E-state index in [0.717, 1.165) is 66.0 Å². The molecule has 41 heavy (non-hydrogen) atoms. The highest BCUT2D eigenvalue weighted by molar-refractivity contribution is 14.1. The maximum absolute atomic E-state index is 13.7. The van der Waals surface area contributed by atoms with E-state index in [2.05, 4.69) is 15.0 Å². The number of pyridine rings is 1. The summed E-state index contributed by atoms with van der Waals surface area (Å²) >= 11 is 1.12. The first-order chi connectivity index (χ1) is 19.6. The van der Waals surface area contributed by atoms with Gasteiger partial charge in [-0.25, -0.2) is 9.78 Å². The molecule has 2 fully saturated rings. The van der Waals surface area contributed by atoms with Gasteiger partial charge >= 0.3 is 16.0 Å². The van der Waals surface area contributed by atoms with Crippen LogP contribution in [-0.2, 0) is 26.3 Å². The van der Waals surface area contributed by atoms with Crippen LogP contribution in [0, 0.1) is 5.92 Å². The van der Waals surface area contributed by atoms with Crippen LogP contribution in [0.25, 0.3) is 22.4 Å². The molecule has 2 N–H and O–H groups in total. The molecule has 8 nitrogen and oxygen atoms in total. The van der Waals surface area contributed by atoms with Gasteiger partial charge in [0.05, 0.1) is 24.0 Å². The summed E-state index contributed by atoms with van der Waals surface area (Å²) in [6, 6.07) is 15.3. The van der Waals surface area contributed by atoms with Gasteiger partial charge in [-0.05, 0) is 86.1 Å². The summed E-state index contributed by atoms with van der Waals surface area (Å²) in [5.74, 6) is 0.103. The Kier molecular flexibility index (Phi) is 7.16. The molecule has 1 saturated heterocycles. The zero-order chi connectivity index (χ0) is 28.8. The molecule has 1 spiro atoms. The summed E-state index contributed by atoms with van der Waals surface area (Å²) in [5.41, 5.74) is 3.72. The van der Waals surface area contributed by atoms with Crippen molar-refractivity contribution in [1.29, 1.82) is 0 Å². The number of carbonyl (C=O) groups excluding carboxylic acids is 1. The molecule has 1 amide bonds. The van der Waals surface area contributed by atoms with Gasteiger partial charge in [0.1, 0.15) is 11.4 Å². The molecule has 3 heterocycles. The van der Waals surface area contributed by atoms with Crippen molar-refractivity contribution in [3.05, 3.63) is 77.6 Å². The molecule has 0 atom stereocenters. The van der Waals surface area contributed by atoms with Crippen molar-refractivity contribution in [3.63, 3.8) is 0 Å². The molecule has 0 unspecified atom stereocenters. The number of anilines is 1. The van der Waals surface area contributed by atoms with Crippen LogP contribution in [0.4, 0.5) is 19.3 Å². The number of alkyl halides is 3. The molecule has 1 aliphatic heterocycles. The molecule has 4 aromatic rings. The maximum Gasteiger partial charge on any atom is 0.415 e. The number of aromatic amines is 1. The van der Waals surface area contributed by atoms with Gasteiger partial charge in [-0.3, -0.25) is 14.7 Å². The average molecular weight is 672 g/mol. The number of aliphatic carboxylic acids is 1. The third-order valence-electron chi connectivity index (χ3n) is 8.00. The zero-order valence-electron chi connectivity index (χ0n) is 21.9. The van der Waals surface area contributed by atoms with E-state index in [0.29, 0.717) is 40.6 Å². The smallest absolute Gasteiger partial charge is 0.415 e. The monoisotopic (exact) mass is 672 g/mol. The van der Waals surface area contributed by atoms with E-state index in [4.69, 9.17) is 9.84 Å². The topological polar surface area (TPSA) is 108 Å². The number of imidazole rings is 1. The summed E-state index contributed by atoms with van der Waals surface area (Å²) in [7, 11) is 0. The summed E-state index contributed by atoms with van der Waals surface area (Å²) in [5, 5.41) is 8.97. The van der Waals surface area contributed by atoms with Gasteiger partial charge in [0, 0.05) is 51.3 Å². The molecule has 212 valence electrons. The quantitative estimate of drug-likeness (QED) is 0.164. The van der Waals surface area contributed by atoms with E-state index in [1.807, 2.05) is 12.1 Å². The Morgan fingerprint density at radius 2 is 1.90 bits per heavy atom. The van der Waals surface area contributed by atoms with Gasteiger partial charge in [-0.2, -0.15) is 8.78 Å². The lowest BCUT2D eigenvalue weighted by molar-refractivity contribution is -0.136. The SMILES string of the molecule is O=C(O)Cc1ccc(N2CC3(CCC(Cc4ccc(-c5nc6ccc(C(F)(F)I)cc6[nH]5)cn4)CC3)OC2=O)cc1. The van der Waals surface area contributed by atoms with Gasteiger partial charge in [-0.15, -0.1) is 0 Å².